The van der Waals surface area contributed by atoms with Crippen LogP contribution in [0.25, 0.3) is 0 Å². The second-order valence-electron chi connectivity index (χ2n) is 6.49. The van der Waals surface area contributed by atoms with Gasteiger partial charge in [0.25, 0.3) is 5.91 Å². The molecule has 128 valence electrons. The van der Waals surface area contributed by atoms with Crippen molar-refractivity contribution in [3.8, 4) is 0 Å². The molecule has 1 unspecified atom stereocenters. The van der Waals surface area contributed by atoms with E-state index in [4.69, 9.17) is 5.11 Å². The van der Waals surface area contributed by atoms with Crippen LogP contribution in [-0.2, 0) is 16.1 Å². The van der Waals surface area contributed by atoms with Crippen molar-refractivity contribution in [3.05, 3.63) is 35.4 Å². The van der Waals surface area contributed by atoms with Crippen molar-refractivity contribution >= 4 is 17.8 Å². The Hall–Kier alpha value is -2.37. The Morgan fingerprint density at radius 2 is 2.00 bits per heavy atom. The first-order valence-electron chi connectivity index (χ1n) is 8.44. The van der Waals surface area contributed by atoms with Crippen molar-refractivity contribution in [1.82, 2.24) is 9.80 Å². The molecule has 1 N–H and O–H groups in total. The van der Waals surface area contributed by atoms with E-state index in [0.29, 0.717) is 25.1 Å². The molecular formula is C18H22N2O4. The minimum atomic E-state index is -0.835. The molecule has 0 saturated carbocycles. The fourth-order valence-corrected chi connectivity index (χ4v) is 3.62. The van der Waals surface area contributed by atoms with E-state index in [1.807, 2.05) is 18.2 Å². The van der Waals surface area contributed by atoms with Crippen LogP contribution in [0.3, 0.4) is 0 Å². The molecule has 1 atom stereocenters. The number of carboxylic acids is 1. The third-order valence-corrected chi connectivity index (χ3v) is 4.86. The van der Waals surface area contributed by atoms with E-state index in [2.05, 4.69) is 0 Å². The van der Waals surface area contributed by atoms with Crippen LogP contribution in [0.5, 0.6) is 0 Å². The van der Waals surface area contributed by atoms with E-state index in [9.17, 15) is 14.4 Å². The summed E-state index contributed by atoms with van der Waals surface area (Å²) >= 11 is 0. The van der Waals surface area contributed by atoms with Crippen LogP contribution in [0.1, 0.15) is 48.0 Å². The molecule has 1 aromatic rings. The lowest BCUT2D eigenvalue weighted by molar-refractivity contribution is -0.140. The number of rotatable bonds is 5. The highest BCUT2D eigenvalue weighted by Gasteiger charge is 2.32. The van der Waals surface area contributed by atoms with Crippen molar-refractivity contribution in [1.29, 1.82) is 0 Å². The van der Waals surface area contributed by atoms with Crippen LogP contribution in [0.15, 0.2) is 24.3 Å². The van der Waals surface area contributed by atoms with E-state index in [-0.39, 0.29) is 30.8 Å². The first-order valence-corrected chi connectivity index (χ1v) is 8.44. The molecule has 0 aromatic heterocycles. The van der Waals surface area contributed by atoms with E-state index >= 15 is 0 Å². The maximum Gasteiger partial charge on any atom is 0.303 e. The van der Waals surface area contributed by atoms with Gasteiger partial charge in [0.15, 0.2) is 0 Å². The Balaban J connectivity index is 1.63. The molecule has 0 bridgehead atoms. The molecule has 3 rings (SSSR count). The number of nitrogens with zero attached hydrogens (tertiary/aromatic N) is 2. The van der Waals surface area contributed by atoms with Gasteiger partial charge in [0.2, 0.25) is 5.91 Å². The summed E-state index contributed by atoms with van der Waals surface area (Å²) in [7, 11) is 0. The molecule has 1 aromatic carbocycles. The fraction of sp³-hybridized carbons (Fsp3) is 0.500. The Morgan fingerprint density at radius 1 is 1.21 bits per heavy atom. The quantitative estimate of drug-likeness (QED) is 0.894. The van der Waals surface area contributed by atoms with Gasteiger partial charge < -0.3 is 14.9 Å². The zero-order valence-corrected chi connectivity index (χ0v) is 13.6. The van der Waals surface area contributed by atoms with Gasteiger partial charge in [-0.2, -0.15) is 0 Å². The van der Waals surface area contributed by atoms with Gasteiger partial charge in [-0.1, -0.05) is 18.2 Å². The zero-order valence-electron chi connectivity index (χ0n) is 13.6. The molecule has 1 saturated heterocycles. The van der Waals surface area contributed by atoms with Crippen LogP contribution in [0.4, 0.5) is 0 Å². The molecule has 24 heavy (non-hydrogen) atoms. The number of piperidine rings is 1. The van der Waals surface area contributed by atoms with Crippen molar-refractivity contribution in [2.45, 2.75) is 44.7 Å². The number of aliphatic carboxylic acids is 1. The average molecular weight is 330 g/mol. The second-order valence-corrected chi connectivity index (χ2v) is 6.49. The molecule has 2 heterocycles. The van der Waals surface area contributed by atoms with Gasteiger partial charge in [-0.3, -0.25) is 14.4 Å². The molecule has 0 radical (unpaired) electrons. The average Bonchev–Trinajstić information content (AvgIpc) is 2.89. The van der Waals surface area contributed by atoms with Crippen molar-refractivity contribution in [2.24, 2.45) is 0 Å². The SMILES string of the molecule is O=C(O)CCC1CCCCN1C(=O)CN1Cc2ccccc2C1=O. The Labute approximate surface area is 141 Å². The molecule has 0 spiro atoms. The molecule has 2 aliphatic heterocycles. The third-order valence-electron chi connectivity index (χ3n) is 4.86. The van der Waals surface area contributed by atoms with Crippen molar-refractivity contribution < 1.29 is 19.5 Å². The first-order chi connectivity index (χ1) is 11.6. The number of carbonyl (C=O) groups excluding carboxylic acids is 2. The number of carbonyl (C=O) groups is 3. The maximum absolute atomic E-state index is 12.7. The summed E-state index contributed by atoms with van der Waals surface area (Å²) in [6, 6.07) is 7.40. The number of amides is 2. The topological polar surface area (TPSA) is 77.9 Å². The fourth-order valence-electron chi connectivity index (χ4n) is 3.62. The number of carboxylic acid groups (broad SMARTS) is 1. The third kappa shape index (κ3) is 3.42. The summed E-state index contributed by atoms with van der Waals surface area (Å²) < 4.78 is 0. The first kappa shape index (κ1) is 16.5. The number of fused-ring (bicyclic) bond motifs is 1. The predicted molar refractivity (Wildman–Crippen MR) is 87.4 cm³/mol. The lowest BCUT2D eigenvalue weighted by Gasteiger charge is -2.36. The largest absolute Gasteiger partial charge is 0.481 e. The van der Waals surface area contributed by atoms with Crippen LogP contribution in [0.2, 0.25) is 0 Å². The van der Waals surface area contributed by atoms with Crippen LogP contribution in [-0.4, -0.2) is 51.8 Å². The number of benzene rings is 1. The summed E-state index contributed by atoms with van der Waals surface area (Å²) in [5, 5.41) is 8.88. The van der Waals surface area contributed by atoms with E-state index in [0.717, 1.165) is 24.8 Å². The number of likely N-dealkylation sites (tertiary alicyclic amines) is 1. The van der Waals surface area contributed by atoms with Gasteiger partial charge in [-0.05, 0) is 37.3 Å². The van der Waals surface area contributed by atoms with Crippen LogP contribution >= 0.6 is 0 Å². The lowest BCUT2D eigenvalue weighted by Crippen LogP contribution is -2.48. The van der Waals surface area contributed by atoms with Crippen molar-refractivity contribution in [2.75, 3.05) is 13.1 Å². The minimum Gasteiger partial charge on any atom is -0.481 e. The van der Waals surface area contributed by atoms with E-state index in [1.54, 1.807) is 15.9 Å². The normalized spacial score (nSPS) is 20.2. The standard InChI is InChI=1S/C18H22N2O4/c21-16(20-10-4-3-6-14(20)8-9-17(22)23)12-19-11-13-5-1-2-7-15(13)18(19)24/h1-2,5,7,14H,3-4,6,8-12H2,(H,22,23). The molecule has 2 amide bonds. The van der Waals surface area contributed by atoms with Gasteiger partial charge >= 0.3 is 5.97 Å². The van der Waals surface area contributed by atoms with Crippen molar-refractivity contribution in [3.63, 3.8) is 0 Å². The smallest absolute Gasteiger partial charge is 0.303 e. The zero-order chi connectivity index (χ0) is 17.1. The summed E-state index contributed by atoms with van der Waals surface area (Å²) in [5.74, 6) is -1.01. The van der Waals surface area contributed by atoms with Crippen LogP contribution < -0.4 is 0 Å². The predicted octanol–water partition coefficient (Wildman–Crippen LogP) is 1.89. The second kappa shape index (κ2) is 7.03. The van der Waals surface area contributed by atoms with Gasteiger partial charge in [-0.15, -0.1) is 0 Å². The summed E-state index contributed by atoms with van der Waals surface area (Å²) in [6.07, 6.45) is 3.34. The van der Waals surface area contributed by atoms with E-state index < -0.39 is 5.97 Å². The molecular weight excluding hydrogens is 308 g/mol. The molecule has 0 aliphatic carbocycles. The highest BCUT2D eigenvalue weighted by Crippen LogP contribution is 2.24. The highest BCUT2D eigenvalue weighted by atomic mass is 16.4. The van der Waals surface area contributed by atoms with Gasteiger partial charge in [0.1, 0.15) is 6.54 Å². The monoisotopic (exact) mass is 330 g/mol. The van der Waals surface area contributed by atoms with Gasteiger partial charge in [-0.25, -0.2) is 0 Å². The minimum absolute atomic E-state index is 0.0255. The summed E-state index contributed by atoms with van der Waals surface area (Å²) in [5.41, 5.74) is 1.63. The molecule has 6 nitrogen and oxygen atoms in total. The number of hydrogen-bond acceptors (Lipinski definition) is 3. The Bertz CT molecular complexity index is 658. The highest BCUT2D eigenvalue weighted by molar-refractivity contribution is 6.00. The van der Waals surface area contributed by atoms with Gasteiger partial charge in [0.05, 0.1) is 0 Å². The summed E-state index contributed by atoms with van der Waals surface area (Å²) in [6.45, 7) is 1.18. The number of hydrogen-bond donors (Lipinski definition) is 1. The maximum atomic E-state index is 12.7. The Kier molecular flexibility index (Phi) is 4.83. The molecule has 1 fully saturated rings. The molecule has 6 heteroatoms. The lowest BCUT2D eigenvalue weighted by atomic mass is 9.98. The van der Waals surface area contributed by atoms with Gasteiger partial charge in [0, 0.05) is 31.1 Å². The summed E-state index contributed by atoms with van der Waals surface area (Å²) in [4.78, 5) is 39.2. The van der Waals surface area contributed by atoms with E-state index in [1.165, 1.54) is 0 Å². The molecule has 2 aliphatic rings. The Morgan fingerprint density at radius 3 is 2.75 bits per heavy atom. The van der Waals surface area contributed by atoms with Crippen LogP contribution in [0, 0.1) is 0 Å².